The van der Waals surface area contributed by atoms with Crippen LogP contribution in [-0.2, 0) is 20.7 Å². The number of carbonyl (C=O) groups excluding carboxylic acids is 2. The molecule has 1 aromatic carbocycles. The number of methoxy groups -OCH3 is 1. The average molecular weight is 322 g/mol. The summed E-state index contributed by atoms with van der Waals surface area (Å²) in [6.45, 7) is 5.39. The van der Waals surface area contributed by atoms with Crippen molar-refractivity contribution in [3.8, 4) is 0 Å². The summed E-state index contributed by atoms with van der Waals surface area (Å²) in [5.74, 6) is -0.318. The highest BCUT2D eigenvalue weighted by molar-refractivity contribution is 5.70. The van der Waals surface area contributed by atoms with E-state index in [9.17, 15) is 9.59 Å². The van der Waals surface area contributed by atoms with Gasteiger partial charge in [0, 0.05) is 18.2 Å². The molecule has 128 valence electrons. The molecule has 1 atom stereocenters. The monoisotopic (exact) mass is 322 g/mol. The van der Waals surface area contributed by atoms with Gasteiger partial charge in [-0.05, 0) is 45.2 Å². The number of nitrogens with two attached hydrogens (primary N) is 1. The van der Waals surface area contributed by atoms with E-state index in [0.29, 0.717) is 18.5 Å². The van der Waals surface area contributed by atoms with E-state index in [2.05, 4.69) is 10.1 Å². The third-order valence-corrected chi connectivity index (χ3v) is 3.17. The Bertz CT molecular complexity index is 538. The number of ether oxygens (including phenoxy) is 2. The first-order valence-corrected chi connectivity index (χ1v) is 7.61. The van der Waals surface area contributed by atoms with Crippen LogP contribution in [-0.4, -0.2) is 30.8 Å². The summed E-state index contributed by atoms with van der Waals surface area (Å²) in [6, 6.07) is 7.17. The number of benzene rings is 1. The van der Waals surface area contributed by atoms with Crippen molar-refractivity contribution in [3.05, 3.63) is 29.8 Å². The van der Waals surface area contributed by atoms with Gasteiger partial charge in [0.15, 0.2) is 0 Å². The largest absolute Gasteiger partial charge is 0.469 e. The predicted molar refractivity (Wildman–Crippen MR) is 89.0 cm³/mol. The van der Waals surface area contributed by atoms with Crippen molar-refractivity contribution in [3.63, 3.8) is 0 Å². The summed E-state index contributed by atoms with van der Waals surface area (Å²) in [6.07, 6.45) is 0.661. The summed E-state index contributed by atoms with van der Waals surface area (Å²) in [7, 11) is 1.34. The molecule has 0 bridgehead atoms. The number of rotatable bonds is 6. The van der Waals surface area contributed by atoms with Crippen molar-refractivity contribution < 1.29 is 19.1 Å². The molecule has 0 saturated heterocycles. The molecule has 1 amide bonds. The Labute approximate surface area is 137 Å². The second-order valence-electron chi connectivity index (χ2n) is 6.36. The van der Waals surface area contributed by atoms with Crippen molar-refractivity contribution in [1.29, 1.82) is 0 Å². The molecule has 0 unspecified atom stereocenters. The quantitative estimate of drug-likeness (QED) is 0.620. The number of nitrogen functional groups attached to an aromatic ring is 1. The molecular formula is C17H26N2O4. The zero-order valence-corrected chi connectivity index (χ0v) is 14.2. The minimum Gasteiger partial charge on any atom is -0.469 e. The first-order valence-electron chi connectivity index (χ1n) is 7.61. The standard InChI is InChI=1S/C17H26N2O4/c1-17(2,3)23-16(21)19-13(9-10-15(20)22-4)11-12-7-5-6-8-14(12)18/h5-8,13H,9-11,18H2,1-4H3,(H,19,21)/t13-/m0/s1. The van der Waals surface area contributed by atoms with Gasteiger partial charge in [0.05, 0.1) is 7.11 Å². The van der Waals surface area contributed by atoms with E-state index in [1.54, 1.807) is 26.8 Å². The molecule has 0 spiro atoms. The minimum absolute atomic E-state index is 0.212. The fourth-order valence-electron chi connectivity index (χ4n) is 2.08. The lowest BCUT2D eigenvalue weighted by Gasteiger charge is -2.24. The van der Waals surface area contributed by atoms with Gasteiger partial charge < -0.3 is 20.5 Å². The molecule has 6 heteroatoms. The van der Waals surface area contributed by atoms with Gasteiger partial charge in [0.2, 0.25) is 0 Å². The normalized spacial score (nSPS) is 12.3. The molecule has 0 aliphatic heterocycles. The maximum atomic E-state index is 12.0. The second-order valence-corrected chi connectivity index (χ2v) is 6.36. The smallest absolute Gasteiger partial charge is 0.407 e. The van der Waals surface area contributed by atoms with E-state index in [0.717, 1.165) is 5.56 Å². The fourth-order valence-corrected chi connectivity index (χ4v) is 2.08. The minimum atomic E-state index is -0.581. The van der Waals surface area contributed by atoms with Crippen molar-refractivity contribution >= 4 is 17.7 Å². The van der Waals surface area contributed by atoms with Crippen LogP contribution in [0.5, 0.6) is 0 Å². The van der Waals surface area contributed by atoms with E-state index in [4.69, 9.17) is 10.5 Å². The number of amides is 1. The van der Waals surface area contributed by atoms with Gasteiger partial charge >= 0.3 is 12.1 Å². The Balaban J connectivity index is 2.74. The van der Waals surface area contributed by atoms with Gasteiger partial charge in [0.1, 0.15) is 5.60 Å². The van der Waals surface area contributed by atoms with E-state index in [-0.39, 0.29) is 18.4 Å². The molecule has 0 fully saturated rings. The van der Waals surface area contributed by atoms with Crippen molar-refractivity contribution in [2.24, 2.45) is 0 Å². The van der Waals surface area contributed by atoms with Crippen LogP contribution in [0.2, 0.25) is 0 Å². The van der Waals surface area contributed by atoms with E-state index in [1.165, 1.54) is 7.11 Å². The second kappa shape index (κ2) is 8.41. The molecule has 0 aliphatic rings. The average Bonchev–Trinajstić information content (AvgIpc) is 2.44. The summed E-state index contributed by atoms with van der Waals surface area (Å²) in [4.78, 5) is 23.3. The maximum absolute atomic E-state index is 12.0. The van der Waals surface area contributed by atoms with Crippen molar-refractivity contribution in [1.82, 2.24) is 5.32 Å². The highest BCUT2D eigenvalue weighted by Crippen LogP contribution is 2.16. The van der Waals surface area contributed by atoms with Gasteiger partial charge in [-0.15, -0.1) is 0 Å². The summed E-state index contributed by atoms with van der Waals surface area (Å²) >= 11 is 0. The number of para-hydroxylation sites is 1. The first kappa shape index (κ1) is 18.8. The van der Waals surface area contributed by atoms with Crippen LogP contribution in [0, 0.1) is 0 Å². The van der Waals surface area contributed by atoms with Crippen LogP contribution < -0.4 is 11.1 Å². The Morgan fingerprint density at radius 2 is 1.91 bits per heavy atom. The Morgan fingerprint density at radius 3 is 2.48 bits per heavy atom. The third kappa shape index (κ3) is 7.54. The van der Waals surface area contributed by atoms with Crippen LogP contribution in [0.4, 0.5) is 10.5 Å². The SMILES string of the molecule is COC(=O)CC[C@@H](Cc1ccccc1N)NC(=O)OC(C)(C)C. The molecular weight excluding hydrogens is 296 g/mol. The number of carbonyl (C=O) groups is 2. The first-order chi connectivity index (χ1) is 10.7. The molecule has 1 aromatic rings. The zero-order valence-electron chi connectivity index (χ0n) is 14.2. The topological polar surface area (TPSA) is 90.6 Å². The number of esters is 1. The van der Waals surface area contributed by atoms with Crippen LogP contribution in [0.3, 0.4) is 0 Å². The lowest BCUT2D eigenvalue weighted by atomic mass is 10.0. The molecule has 6 nitrogen and oxygen atoms in total. The number of hydrogen-bond donors (Lipinski definition) is 2. The molecule has 0 aliphatic carbocycles. The van der Waals surface area contributed by atoms with Gasteiger partial charge in [-0.1, -0.05) is 18.2 Å². The van der Waals surface area contributed by atoms with Gasteiger partial charge in [0.25, 0.3) is 0 Å². The molecule has 23 heavy (non-hydrogen) atoms. The molecule has 0 saturated carbocycles. The van der Waals surface area contributed by atoms with Gasteiger partial charge in [-0.2, -0.15) is 0 Å². The van der Waals surface area contributed by atoms with Crippen LogP contribution in [0.25, 0.3) is 0 Å². The third-order valence-electron chi connectivity index (χ3n) is 3.17. The Morgan fingerprint density at radius 1 is 1.26 bits per heavy atom. The van der Waals surface area contributed by atoms with Crippen LogP contribution in [0.1, 0.15) is 39.2 Å². The fraction of sp³-hybridized carbons (Fsp3) is 0.529. The molecule has 0 radical (unpaired) electrons. The van der Waals surface area contributed by atoms with Crippen LogP contribution >= 0.6 is 0 Å². The summed E-state index contributed by atoms with van der Waals surface area (Å²) in [5.41, 5.74) is 6.94. The van der Waals surface area contributed by atoms with Gasteiger partial charge in [-0.3, -0.25) is 4.79 Å². The summed E-state index contributed by atoms with van der Waals surface area (Å²) < 4.78 is 9.92. The highest BCUT2D eigenvalue weighted by atomic mass is 16.6. The molecule has 1 rings (SSSR count). The number of anilines is 1. The van der Waals surface area contributed by atoms with E-state index in [1.807, 2.05) is 18.2 Å². The van der Waals surface area contributed by atoms with E-state index < -0.39 is 11.7 Å². The van der Waals surface area contributed by atoms with Gasteiger partial charge in [-0.25, -0.2) is 4.79 Å². The Hall–Kier alpha value is -2.24. The summed E-state index contributed by atoms with van der Waals surface area (Å²) in [5, 5.41) is 2.80. The number of alkyl carbamates (subject to hydrolysis) is 1. The lowest BCUT2D eigenvalue weighted by Crippen LogP contribution is -2.40. The highest BCUT2D eigenvalue weighted by Gasteiger charge is 2.21. The molecule has 0 heterocycles. The predicted octanol–water partition coefficient (Wildman–Crippen LogP) is 2.66. The van der Waals surface area contributed by atoms with Crippen molar-refractivity contribution in [2.75, 3.05) is 12.8 Å². The van der Waals surface area contributed by atoms with Crippen LogP contribution in [0.15, 0.2) is 24.3 Å². The zero-order chi connectivity index (χ0) is 17.5. The number of nitrogens with one attached hydrogen (secondary N) is 1. The van der Waals surface area contributed by atoms with E-state index >= 15 is 0 Å². The lowest BCUT2D eigenvalue weighted by molar-refractivity contribution is -0.140. The van der Waals surface area contributed by atoms with Crippen molar-refractivity contribution in [2.45, 2.75) is 51.7 Å². The Kier molecular flexibility index (Phi) is 6.88. The molecule has 0 aromatic heterocycles. The molecule has 3 N–H and O–H groups in total. The number of hydrogen-bond acceptors (Lipinski definition) is 5. The maximum Gasteiger partial charge on any atom is 0.407 e.